The molecule has 2 aromatic rings. The number of carboxylic acid groups (broad SMARTS) is 1. The first-order valence-corrected chi connectivity index (χ1v) is 9.56. The maximum atomic E-state index is 12.9. The van der Waals surface area contributed by atoms with E-state index in [-0.39, 0.29) is 10.6 Å². The van der Waals surface area contributed by atoms with Crippen molar-refractivity contribution in [2.24, 2.45) is 0 Å². The second-order valence-electron chi connectivity index (χ2n) is 5.60. The average molecular weight is 351 g/mol. The van der Waals surface area contributed by atoms with Crippen molar-refractivity contribution in [2.75, 3.05) is 10.8 Å². The molecule has 0 saturated carbocycles. The first-order valence-electron chi connectivity index (χ1n) is 7.31. The smallest absolute Gasteiger partial charge is 0.308 e. The second kappa shape index (κ2) is 5.98. The number of fused-ring (bicyclic) bond motifs is 1. The molecule has 2 heterocycles. The van der Waals surface area contributed by atoms with Gasteiger partial charge >= 0.3 is 5.97 Å². The van der Waals surface area contributed by atoms with Crippen LogP contribution in [0.2, 0.25) is 0 Å². The maximum absolute atomic E-state index is 12.9. The highest BCUT2D eigenvalue weighted by atomic mass is 32.2. The lowest BCUT2D eigenvalue weighted by Crippen LogP contribution is -2.35. The van der Waals surface area contributed by atoms with Gasteiger partial charge < -0.3 is 5.11 Å². The molecule has 0 amide bonds. The predicted octanol–water partition coefficient (Wildman–Crippen LogP) is 2.83. The van der Waals surface area contributed by atoms with Gasteiger partial charge in [-0.05, 0) is 43.5 Å². The van der Waals surface area contributed by atoms with E-state index in [0.717, 1.165) is 41.0 Å². The van der Waals surface area contributed by atoms with Crippen LogP contribution in [0.25, 0.3) is 0 Å². The third-order valence-corrected chi connectivity index (χ3v) is 7.18. The Kier molecular flexibility index (Phi) is 4.16. The van der Waals surface area contributed by atoms with Crippen LogP contribution in [-0.2, 0) is 27.7 Å². The number of rotatable bonds is 4. The molecular formula is C16H17NO4S2. The summed E-state index contributed by atoms with van der Waals surface area (Å²) in [5.41, 5.74) is 2.89. The summed E-state index contributed by atoms with van der Waals surface area (Å²) >= 11 is 1.03. The van der Waals surface area contributed by atoms with Crippen molar-refractivity contribution < 1.29 is 18.3 Å². The SMILES string of the molecule is Cc1ccc2c(c1)CCCN2S(=O)(=O)c1ccc(CC(=O)O)s1. The minimum Gasteiger partial charge on any atom is -0.481 e. The van der Waals surface area contributed by atoms with Crippen molar-refractivity contribution in [3.63, 3.8) is 0 Å². The van der Waals surface area contributed by atoms with E-state index in [0.29, 0.717) is 11.4 Å². The quantitative estimate of drug-likeness (QED) is 0.919. The largest absolute Gasteiger partial charge is 0.481 e. The van der Waals surface area contributed by atoms with Crippen molar-refractivity contribution in [3.8, 4) is 0 Å². The van der Waals surface area contributed by atoms with Crippen LogP contribution in [0, 0.1) is 6.92 Å². The van der Waals surface area contributed by atoms with Gasteiger partial charge in [0.15, 0.2) is 0 Å². The molecule has 3 rings (SSSR count). The Bertz CT molecular complexity index is 855. The molecule has 7 heteroatoms. The fraction of sp³-hybridized carbons (Fsp3) is 0.312. The van der Waals surface area contributed by atoms with Gasteiger partial charge in [0.25, 0.3) is 10.0 Å². The minimum absolute atomic E-state index is 0.157. The Morgan fingerprint density at radius 3 is 2.83 bits per heavy atom. The zero-order valence-corrected chi connectivity index (χ0v) is 14.3. The molecule has 0 spiro atoms. The summed E-state index contributed by atoms with van der Waals surface area (Å²) < 4.78 is 27.5. The van der Waals surface area contributed by atoms with E-state index in [1.165, 1.54) is 10.4 Å². The number of carboxylic acids is 1. The van der Waals surface area contributed by atoms with Crippen molar-refractivity contribution in [3.05, 3.63) is 46.3 Å². The van der Waals surface area contributed by atoms with Crippen molar-refractivity contribution in [1.82, 2.24) is 0 Å². The Morgan fingerprint density at radius 1 is 1.30 bits per heavy atom. The monoisotopic (exact) mass is 351 g/mol. The lowest BCUT2D eigenvalue weighted by Gasteiger charge is -2.30. The summed E-state index contributed by atoms with van der Waals surface area (Å²) in [6, 6.07) is 8.87. The van der Waals surface area contributed by atoms with Gasteiger partial charge in [0.1, 0.15) is 4.21 Å². The van der Waals surface area contributed by atoms with Gasteiger partial charge in [-0.1, -0.05) is 17.7 Å². The molecule has 23 heavy (non-hydrogen) atoms. The van der Waals surface area contributed by atoms with Crippen LogP contribution in [0.1, 0.15) is 22.4 Å². The van der Waals surface area contributed by atoms with E-state index in [2.05, 4.69) is 0 Å². The highest BCUT2D eigenvalue weighted by Crippen LogP contribution is 2.34. The van der Waals surface area contributed by atoms with Crippen molar-refractivity contribution >= 4 is 33.0 Å². The lowest BCUT2D eigenvalue weighted by molar-refractivity contribution is -0.136. The topological polar surface area (TPSA) is 74.7 Å². The Morgan fingerprint density at radius 2 is 2.09 bits per heavy atom. The van der Waals surface area contributed by atoms with Crippen LogP contribution in [0.4, 0.5) is 5.69 Å². The van der Waals surface area contributed by atoms with E-state index in [9.17, 15) is 13.2 Å². The molecule has 5 nitrogen and oxygen atoms in total. The fourth-order valence-electron chi connectivity index (χ4n) is 2.79. The summed E-state index contributed by atoms with van der Waals surface area (Å²) in [4.78, 5) is 11.3. The van der Waals surface area contributed by atoms with Gasteiger partial charge in [-0.15, -0.1) is 11.3 Å². The summed E-state index contributed by atoms with van der Waals surface area (Å²) in [5, 5.41) is 8.83. The third-order valence-electron chi connectivity index (χ3n) is 3.82. The molecule has 1 aromatic heterocycles. The number of sulfonamides is 1. The number of hydrogen-bond donors (Lipinski definition) is 1. The molecule has 0 radical (unpaired) electrons. The number of nitrogens with zero attached hydrogens (tertiary/aromatic N) is 1. The lowest BCUT2D eigenvalue weighted by atomic mass is 10.0. The number of benzene rings is 1. The molecule has 1 aliphatic heterocycles. The Labute approximate surface area is 139 Å². The first-order chi connectivity index (χ1) is 10.9. The zero-order valence-electron chi connectivity index (χ0n) is 12.7. The van der Waals surface area contributed by atoms with Gasteiger partial charge in [-0.25, -0.2) is 8.42 Å². The van der Waals surface area contributed by atoms with Gasteiger partial charge in [-0.3, -0.25) is 9.10 Å². The maximum Gasteiger partial charge on any atom is 0.308 e. The number of carbonyl (C=O) groups is 1. The Hall–Kier alpha value is -1.86. The number of aliphatic carboxylic acids is 1. The van der Waals surface area contributed by atoms with Gasteiger partial charge in [-0.2, -0.15) is 0 Å². The van der Waals surface area contributed by atoms with E-state index >= 15 is 0 Å². The zero-order chi connectivity index (χ0) is 16.6. The second-order valence-corrected chi connectivity index (χ2v) is 8.86. The molecule has 0 unspecified atom stereocenters. The molecule has 0 saturated heterocycles. The number of thiophene rings is 1. The van der Waals surface area contributed by atoms with Crippen LogP contribution in [0.3, 0.4) is 0 Å². The molecule has 1 aromatic carbocycles. The molecule has 0 bridgehead atoms. The number of aryl methyl sites for hydroxylation is 2. The van der Waals surface area contributed by atoms with E-state index in [4.69, 9.17) is 5.11 Å². The molecule has 122 valence electrons. The molecule has 0 aliphatic carbocycles. The first kappa shape index (κ1) is 16.0. The van der Waals surface area contributed by atoms with E-state index < -0.39 is 16.0 Å². The highest BCUT2D eigenvalue weighted by Gasteiger charge is 2.30. The van der Waals surface area contributed by atoms with Crippen LogP contribution in [0.5, 0.6) is 0 Å². The fourth-order valence-corrected chi connectivity index (χ4v) is 5.79. The van der Waals surface area contributed by atoms with Crippen molar-refractivity contribution in [2.45, 2.75) is 30.4 Å². The summed E-state index contributed by atoms with van der Waals surface area (Å²) in [5.74, 6) is -0.963. The highest BCUT2D eigenvalue weighted by molar-refractivity contribution is 7.94. The summed E-state index contributed by atoms with van der Waals surface area (Å²) in [7, 11) is -3.64. The van der Waals surface area contributed by atoms with Crippen LogP contribution >= 0.6 is 11.3 Å². The van der Waals surface area contributed by atoms with Crippen LogP contribution in [0.15, 0.2) is 34.5 Å². The molecule has 1 aliphatic rings. The van der Waals surface area contributed by atoms with Gasteiger partial charge in [0.2, 0.25) is 0 Å². The van der Waals surface area contributed by atoms with Gasteiger partial charge in [0, 0.05) is 11.4 Å². The van der Waals surface area contributed by atoms with Crippen LogP contribution in [-0.4, -0.2) is 26.0 Å². The normalized spacial score (nSPS) is 14.6. The molecular weight excluding hydrogens is 334 g/mol. The summed E-state index contributed by atoms with van der Waals surface area (Å²) in [6.07, 6.45) is 1.50. The molecule has 0 atom stereocenters. The van der Waals surface area contributed by atoms with Gasteiger partial charge in [0.05, 0.1) is 12.1 Å². The predicted molar refractivity (Wildman–Crippen MR) is 89.7 cm³/mol. The summed E-state index contributed by atoms with van der Waals surface area (Å²) in [6.45, 7) is 2.44. The van der Waals surface area contributed by atoms with Crippen LogP contribution < -0.4 is 4.31 Å². The average Bonchev–Trinajstić information content (AvgIpc) is 2.94. The Balaban J connectivity index is 1.98. The standard InChI is InChI=1S/C16H17NO4S2/c1-11-4-6-14-12(9-11)3-2-8-17(14)23(20,21)16-7-5-13(22-16)10-15(18)19/h4-7,9H,2-3,8,10H2,1H3,(H,18,19). The number of hydrogen-bond acceptors (Lipinski definition) is 4. The molecule has 1 N–H and O–H groups in total. The number of anilines is 1. The van der Waals surface area contributed by atoms with E-state index in [1.807, 2.05) is 25.1 Å². The minimum atomic E-state index is -3.64. The molecule has 0 fully saturated rings. The van der Waals surface area contributed by atoms with Crippen molar-refractivity contribution in [1.29, 1.82) is 0 Å². The third kappa shape index (κ3) is 3.11. The van der Waals surface area contributed by atoms with E-state index in [1.54, 1.807) is 6.07 Å².